The Hall–Kier alpha value is -1.84. The van der Waals surface area contributed by atoms with E-state index in [0.717, 1.165) is 16.5 Å². The number of hydrogen-bond donors (Lipinski definition) is 2. The fourth-order valence-electron chi connectivity index (χ4n) is 1.50. The minimum absolute atomic E-state index is 0.503. The molecule has 4 nitrogen and oxygen atoms in total. The van der Waals surface area contributed by atoms with Crippen LogP contribution in [0, 0.1) is 0 Å². The number of carbonyl (C=O) groups is 1. The summed E-state index contributed by atoms with van der Waals surface area (Å²) in [6, 6.07) is 5.52. The molecular weight excluding hydrogens is 180 g/mol. The lowest BCUT2D eigenvalue weighted by molar-refractivity contribution is -0.138. The number of rotatable bonds is 2. The van der Waals surface area contributed by atoms with E-state index in [4.69, 9.17) is 5.11 Å². The molecular formula is C10H10N2O2. The van der Waals surface area contributed by atoms with Gasteiger partial charge in [-0.1, -0.05) is 12.1 Å². The maximum absolute atomic E-state index is 10.8. The van der Waals surface area contributed by atoms with Gasteiger partial charge in [0, 0.05) is 5.39 Å². The summed E-state index contributed by atoms with van der Waals surface area (Å²) in [5.41, 5.74) is 1.67. The van der Waals surface area contributed by atoms with Gasteiger partial charge in [-0.05, 0) is 18.6 Å². The highest BCUT2D eigenvalue weighted by atomic mass is 16.4. The largest absolute Gasteiger partial charge is 0.481 e. The normalized spacial score (nSPS) is 12.9. The lowest BCUT2D eigenvalue weighted by Gasteiger charge is -2.06. The molecule has 0 bridgehead atoms. The predicted octanol–water partition coefficient (Wildman–Crippen LogP) is 1.75. The highest BCUT2D eigenvalue weighted by Crippen LogP contribution is 2.23. The number of fused-ring (bicyclic) bond motifs is 1. The van der Waals surface area contributed by atoms with Crippen LogP contribution in [0.2, 0.25) is 0 Å². The fraction of sp³-hybridized carbons (Fsp3) is 0.200. The first-order valence-electron chi connectivity index (χ1n) is 4.35. The molecule has 14 heavy (non-hydrogen) atoms. The fourth-order valence-corrected chi connectivity index (χ4v) is 1.50. The second-order valence-electron chi connectivity index (χ2n) is 3.24. The zero-order chi connectivity index (χ0) is 10.1. The quantitative estimate of drug-likeness (QED) is 0.758. The van der Waals surface area contributed by atoms with Gasteiger partial charge in [-0.3, -0.25) is 9.89 Å². The number of nitrogens with zero attached hydrogens (tertiary/aromatic N) is 1. The van der Waals surface area contributed by atoms with Crippen LogP contribution in [0.4, 0.5) is 0 Å². The average Bonchev–Trinajstić information content (AvgIpc) is 2.63. The molecule has 0 aliphatic carbocycles. The Bertz CT molecular complexity index is 476. The van der Waals surface area contributed by atoms with Crippen LogP contribution in [0.25, 0.3) is 10.9 Å². The third-order valence-electron chi connectivity index (χ3n) is 2.36. The van der Waals surface area contributed by atoms with Crippen molar-refractivity contribution in [1.82, 2.24) is 10.2 Å². The number of nitrogens with one attached hydrogen (secondary N) is 1. The van der Waals surface area contributed by atoms with Crippen molar-refractivity contribution in [2.75, 3.05) is 0 Å². The van der Waals surface area contributed by atoms with E-state index in [1.807, 2.05) is 18.2 Å². The van der Waals surface area contributed by atoms with E-state index in [1.165, 1.54) is 0 Å². The van der Waals surface area contributed by atoms with Gasteiger partial charge in [0.15, 0.2) is 0 Å². The maximum Gasteiger partial charge on any atom is 0.310 e. The Morgan fingerprint density at radius 3 is 3.07 bits per heavy atom. The van der Waals surface area contributed by atoms with Crippen LogP contribution < -0.4 is 0 Å². The van der Waals surface area contributed by atoms with Crippen molar-refractivity contribution in [3.8, 4) is 0 Å². The second-order valence-corrected chi connectivity index (χ2v) is 3.24. The van der Waals surface area contributed by atoms with E-state index >= 15 is 0 Å². The Labute approximate surface area is 80.6 Å². The number of benzene rings is 1. The summed E-state index contributed by atoms with van der Waals surface area (Å²) in [7, 11) is 0. The summed E-state index contributed by atoms with van der Waals surface area (Å²) in [6.07, 6.45) is 1.66. The lowest BCUT2D eigenvalue weighted by Crippen LogP contribution is -2.07. The Morgan fingerprint density at radius 1 is 1.57 bits per heavy atom. The van der Waals surface area contributed by atoms with Crippen LogP contribution in [0.5, 0.6) is 0 Å². The summed E-state index contributed by atoms with van der Waals surface area (Å²) < 4.78 is 0. The van der Waals surface area contributed by atoms with Crippen molar-refractivity contribution < 1.29 is 9.90 Å². The average molecular weight is 190 g/mol. The molecule has 2 rings (SSSR count). The monoisotopic (exact) mass is 190 g/mol. The minimum Gasteiger partial charge on any atom is -0.481 e. The molecule has 0 saturated carbocycles. The van der Waals surface area contributed by atoms with Crippen LogP contribution in [0.1, 0.15) is 18.4 Å². The Balaban J connectivity index is 2.61. The van der Waals surface area contributed by atoms with Crippen molar-refractivity contribution in [3.63, 3.8) is 0 Å². The number of hydrogen-bond acceptors (Lipinski definition) is 2. The molecule has 1 aromatic carbocycles. The third kappa shape index (κ3) is 1.25. The van der Waals surface area contributed by atoms with Gasteiger partial charge < -0.3 is 5.11 Å². The van der Waals surface area contributed by atoms with Gasteiger partial charge in [-0.2, -0.15) is 5.10 Å². The Kier molecular flexibility index (Phi) is 1.96. The van der Waals surface area contributed by atoms with Crippen molar-refractivity contribution in [1.29, 1.82) is 0 Å². The molecule has 1 unspecified atom stereocenters. The molecule has 2 N–H and O–H groups in total. The topological polar surface area (TPSA) is 66.0 Å². The standard InChI is InChI=1S/C10H10N2O2/c1-6(10(13)14)7-3-2-4-9-8(7)5-11-12-9/h2-6H,1H3,(H,11,12)(H,13,14). The molecule has 0 radical (unpaired) electrons. The van der Waals surface area contributed by atoms with Crippen LogP contribution >= 0.6 is 0 Å². The number of carboxylic acids is 1. The maximum atomic E-state index is 10.8. The minimum atomic E-state index is -0.821. The molecule has 0 aliphatic rings. The molecule has 0 aliphatic heterocycles. The summed E-state index contributed by atoms with van der Waals surface area (Å²) >= 11 is 0. The van der Waals surface area contributed by atoms with E-state index in [-0.39, 0.29) is 0 Å². The van der Waals surface area contributed by atoms with Crippen molar-refractivity contribution in [3.05, 3.63) is 30.0 Å². The summed E-state index contributed by atoms with van der Waals surface area (Å²) in [5, 5.41) is 16.5. The molecule has 0 amide bonds. The number of aromatic nitrogens is 2. The molecule has 4 heteroatoms. The molecule has 0 spiro atoms. The highest BCUT2D eigenvalue weighted by Gasteiger charge is 2.16. The van der Waals surface area contributed by atoms with Crippen molar-refractivity contribution >= 4 is 16.9 Å². The van der Waals surface area contributed by atoms with Gasteiger partial charge in [0.05, 0.1) is 17.6 Å². The molecule has 1 heterocycles. The first-order chi connectivity index (χ1) is 6.70. The molecule has 0 fully saturated rings. The van der Waals surface area contributed by atoms with Crippen LogP contribution in [-0.2, 0) is 4.79 Å². The summed E-state index contributed by atoms with van der Waals surface area (Å²) in [6.45, 7) is 1.67. The third-order valence-corrected chi connectivity index (χ3v) is 2.36. The molecule has 2 aromatic rings. The van der Waals surface area contributed by atoms with Crippen LogP contribution in [0.3, 0.4) is 0 Å². The smallest absolute Gasteiger partial charge is 0.310 e. The van der Waals surface area contributed by atoms with E-state index < -0.39 is 11.9 Å². The predicted molar refractivity (Wildman–Crippen MR) is 52.1 cm³/mol. The van der Waals surface area contributed by atoms with Gasteiger partial charge in [0.1, 0.15) is 0 Å². The van der Waals surface area contributed by atoms with E-state index in [1.54, 1.807) is 13.1 Å². The van der Waals surface area contributed by atoms with Crippen molar-refractivity contribution in [2.24, 2.45) is 0 Å². The van der Waals surface area contributed by atoms with E-state index in [0.29, 0.717) is 0 Å². The first-order valence-corrected chi connectivity index (χ1v) is 4.35. The number of carboxylic acid groups (broad SMARTS) is 1. The SMILES string of the molecule is CC(C(=O)O)c1cccc2[nH]ncc12. The van der Waals surface area contributed by atoms with E-state index in [9.17, 15) is 4.79 Å². The van der Waals surface area contributed by atoms with Crippen molar-refractivity contribution in [2.45, 2.75) is 12.8 Å². The Morgan fingerprint density at radius 2 is 2.36 bits per heavy atom. The zero-order valence-corrected chi connectivity index (χ0v) is 7.69. The summed E-state index contributed by atoms with van der Waals surface area (Å²) in [5.74, 6) is -1.32. The first kappa shape index (κ1) is 8.74. The van der Waals surface area contributed by atoms with Gasteiger partial charge in [0.25, 0.3) is 0 Å². The van der Waals surface area contributed by atoms with E-state index in [2.05, 4.69) is 10.2 Å². The zero-order valence-electron chi connectivity index (χ0n) is 7.69. The van der Waals surface area contributed by atoms with Gasteiger partial charge in [-0.25, -0.2) is 0 Å². The summed E-state index contributed by atoms with van der Waals surface area (Å²) in [4.78, 5) is 10.8. The molecule has 72 valence electrons. The number of aromatic amines is 1. The molecule has 1 aromatic heterocycles. The molecule has 1 atom stereocenters. The van der Waals surface area contributed by atoms with Crippen LogP contribution in [0.15, 0.2) is 24.4 Å². The number of aliphatic carboxylic acids is 1. The van der Waals surface area contributed by atoms with Gasteiger partial charge in [0.2, 0.25) is 0 Å². The van der Waals surface area contributed by atoms with Gasteiger partial charge in [-0.15, -0.1) is 0 Å². The number of H-pyrrole nitrogens is 1. The second kappa shape index (κ2) is 3.14. The highest BCUT2D eigenvalue weighted by molar-refractivity contribution is 5.87. The van der Waals surface area contributed by atoms with Crippen LogP contribution in [-0.4, -0.2) is 21.3 Å². The van der Waals surface area contributed by atoms with Gasteiger partial charge >= 0.3 is 5.97 Å². The lowest BCUT2D eigenvalue weighted by atomic mass is 9.98. The molecule has 0 saturated heterocycles.